The summed E-state index contributed by atoms with van der Waals surface area (Å²) in [6.07, 6.45) is 0.299. The molecule has 35 heavy (non-hydrogen) atoms. The van der Waals surface area contributed by atoms with Gasteiger partial charge in [-0.25, -0.2) is 9.36 Å². The van der Waals surface area contributed by atoms with Crippen LogP contribution in [0.1, 0.15) is 16.7 Å². The molecule has 0 aliphatic carbocycles. The third-order valence-corrected chi connectivity index (χ3v) is 6.10. The first kappa shape index (κ1) is 26.5. The van der Waals surface area contributed by atoms with Gasteiger partial charge in [0.2, 0.25) is 0 Å². The Morgan fingerprint density at radius 3 is 1.66 bits per heavy atom. The topological polar surface area (TPSA) is 80.3 Å². The molecule has 0 unspecified atom stereocenters. The van der Waals surface area contributed by atoms with E-state index in [-0.39, 0.29) is 33.0 Å². The van der Waals surface area contributed by atoms with Crippen molar-refractivity contribution in [2.45, 2.75) is 25.9 Å². The molecule has 0 fully saturated rings. The van der Waals surface area contributed by atoms with Gasteiger partial charge in [0.1, 0.15) is 6.61 Å². The quantitative estimate of drug-likeness (QED) is 0.148. The molecular weight excluding hydrogens is 467 g/mol. The Balaban J connectivity index is 1.68. The van der Waals surface area contributed by atoms with E-state index in [0.717, 1.165) is 16.7 Å². The Morgan fingerprint density at radius 1 is 0.743 bits per heavy atom. The molecule has 0 aliphatic heterocycles. The molecule has 1 atom stereocenters. The fourth-order valence-electron chi connectivity index (χ4n) is 2.92. The van der Waals surface area contributed by atoms with Gasteiger partial charge in [0, 0.05) is 0 Å². The van der Waals surface area contributed by atoms with Crippen molar-refractivity contribution >= 4 is 13.8 Å². The average molecular weight is 496 g/mol. The van der Waals surface area contributed by atoms with Gasteiger partial charge < -0.3 is 9.47 Å². The second-order valence-electron chi connectivity index (χ2n) is 7.47. The van der Waals surface area contributed by atoms with Gasteiger partial charge in [-0.05, 0) is 16.7 Å². The monoisotopic (exact) mass is 496 g/mol. The molecule has 0 amide bonds. The minimum absolute atomic E-state index is 0.00333. The standard InChI is InChI=1S/C27H29O7P/c1-2-18-30-27(28)26(31-19-23-12-6-3-7-13-23)22-34-35(29,32-20-24-14-8-4-9-15-24)33-21-25-16-10-5-11-17-25/h2-17,26H,1,18-22H2/t26-/m0/s1. The Kier molecular flexibility index (Phi) is 10.9. The number of hydrogen-bond acceptors (Lipinski definition) is 7. The van der Waals surface area contributed by atoms with Gasteiger partial charge in [-0.1, -0.05) is 104 Å². The second kappa shape index (κ2) is 14.4. The summed E-state index contributed by atoms with van der Waals surface area (Å²) in [5.74, 6) is -0.668. The van der Waals surface area contributed by atoms with Gasteiger partial charge in [-0.15, -0.1) is 0 Å². The van der Waals surface area contributed by atoms with Crippen molar-refractivity contribution in [2.75, 3.05) is 13.2 Å². The van der Waals surface area contributed by atoms with Crippen molar-refractivity contribution in [2.24, 2.45) is 0 Å². The van der Waals surface area contributed by atoms with E-state index in [9.17, 15) is 9.36 Å². The first-order valence-electron chi connectivity index (χ1n) is 11.1. The number of rotatable bonds is 15. The summed E-state index contributed by atoms with van der Waals surface area (Å²) < 4.78 is 41.1. The molecule has 0 spiro atoms. The molecule has 3 aromatic rings. The number of phosphoric ester groups is 1. The molecule has 3 aromatic carbocycles. The highest BCUT2D eigenvalue weighted by Crippen LogP contribution is 2.51. The summed E-state index contributed by atoms with van der Waals surface area (Å²) in [6.45, 7) is 3.31. The van der Waals surface area contributed by atoms with Gasteiger partial charge in [-0.2, -0.15) is 0 Å². The number of phosphoric acid groups is 1. The fourth-order valence-corrected chi connectivity index (χ4v) is 4.07. The molecule has 184 valence electrons. The van der Waals surface area contributed by atoms with Crippen molar-refractivity contribution in [1.29, 1.82) is 0 Å². The van der Waals surface area contributed by atoms with Gasteiger partial charge >= 0.3 is 13.8 Å². The van der Waals surface area contributed by atoms with Crippen molar-refractivity contribution < 1.29 is 32.4 Å². The van der Waals surface area contributed by atoms with Crippen LogP contribution in [0, 0.1) is 0 Å². The zero-order valence-corrected chi connectivity index (χ0v) is 20.3. The van der Waals surface area contributed by atoms with E-state index in [4.69, 9.17) is 23.0 Å². The lowest BCUT2D eigenvalue weighted by molar-refractivity contribution is -0.159. The van der Waals surface area contributed by atoms with Crippen LogP contribution in [0.5, 0.6) is 0 Å². The lowest BCUT2D eigenvalue weighted by atomic mass is 10.2. The van der Waals surface area contributed by atoms with Crippen LogP contribution in [0.15, 0.2) is 104 Å². The van der Waals surface area contributed by atoms with E-state index in [1.807, 2.05) is 91.0 Å². The van der Waals surface area contributed by atoms with Crippen LogP contribution >= 0.6 is 7.82 Å². The summed E-state index contributed by atoms with van der Waals surface area (Å²) in [5.41, 5.74) is 2.45. The van der Waals surface area contributed by atoms with E-state index in [2.05, 4.69) is 6.58 Å². The highest BCUT2D eigenvalue weighted by atomic mass is 31.2. The molecule has 8 heteroatoms. The van der Waals surface area contributed by atoms with Crippen LogP contribution in [0.3, 0.4) is 0 Å². The number of hydrogen-bond donors (Lipinski definition) is 0. The van der Waals surface area contributed by atoms with Gasteiger partial charge in [0.15, 0.2) is 6.10 Å². The molecule has 0 bridgehead atoms. The number of esters is 1. The largest absolute Gasteiger partial charge is 0.475 e. The lowest BCUT2D eigenvalue weighted by Crippen LogP contribution is -2.31. The molecule has 7 nitrogen and oxygen atoms in total. The van der Waals surface area contributed by atoms with E-state index in [0.29, 0.717) is 0 Å². The van der Waals surface area contributed by atoms with Crippen LogP contribution in [0.2, 0.25) is 0 Å². The van der Waals surface area contributed by atoms with E-state index in [1.54, 1.807) is 0 Å². The lowest BCUT2D eigenvalue weighted by Gasteiger charge is -2.21. The molecule has 0 radical (unpaired) electrons. The van der Waals surface area contributed by atoms with Crippen LogP contribution in [0.4, 0.5) is 0 Å². The maximum Gasteiger partial charge on any atom is 0.475 e. The summed E-state index contributed by atoms with van der Waals surface area (Å²) in [7, 11) is -4.07. The Hall–Kier alpha value is -3.06. The smallest absolute Gasteiger partial charge is 0.459 e. The summed E-state index contributed by atoms with van der Waals surface area (Å²) in [4.78, 5) is 12.6. The van der Waals surface area contributed by atoms with Gasteiger partial charge in [0.25, 0.3) is 0 Å². The average Bonchev–Trinajstić information content (AvgIpc) is 2.91. The Morgan fingerprint density at radius 2 is 1.20 bits per heavy atom. The van der Waals surface area contributed by atoms with Crippen molar-refractivity contribution in [3.8, 4) is 0 Å². The highest BCUT2D eigenvalue weighted by Gasteiger charge is 2.31. The minimum Gasteiger partial charge on any atom is -0.459 e. The molecule has 0 N–H and O–H groups in total. The SMILES string of the molecule is C=CCOC(=O)[C@H](COP(=O)(OCc1ccccc1)OCc1ccccc1)OCc1ccccc1. The van der Waals surface area contributed by atoms with Crippen molar-refractivity contribution in [3.63, 3.8) is 0 Å². The van der Waals surface area contributed by atoms with Gasteiger partial charge in [0.05, 0.1) is 26.4 Å². The molecule has 3 rings (SSSR count). The number of ether oxygens (including phenoxy) is 2. The zero-order chi connectivity index (χ0) is 24.8. The number of benzene rings is 3. The van der Waals surface area contributed by atoms with Crippen molar-refractivity contribution in [3.05, 3.63) is 120 Å². The third-order valence-electron chi connectivity index (χ3n) is 4.75. The van der Waals surface area contributed by atoms with Crippen LogP contribution < -0.4 is 0 Å². The van der Waals surface area contributed by atoms with Crippen LogP contribution in [-0.4, -0.2) is 25.3 Å². The molecule has 0 saturated carbocycles. The van der Waals surface area contributed by atoms with Gasteiger partial charge in [-0.3, -0.25) is 13.6 Å². The third kappa shape index (κ3) is 9.61. The predicted octanol–water partition coefficient (Wildman–Crippen LogP) is 5.86. The maximum atomic E-state index is 13.5. The summed E-state index contributed by atoms with van der Waals surface area (Å²) >= 11 is 0. The summed E-state index contributed by atoms with van der Waals surface area (Å²) in [5, 5.41) is 0. The summed E-state index contributed by atoms with van der Waals surface area (Å²) in [6, 6.07) is 27.8. The van der Waals surface area contributed by atoms with E-state index in [1.165, 1.54) is 6.08 Å². The molecule has 0 aliphatic rings. The number of carbonyl (C=O) groups is 1. The predicted molar refractivity (Wildman–Crippen MR) is 132 cm³/mol. The maximum absolute atomic E-state index is 13.5. The van der Waals surface area contributed by atoms with Crippen molar-refractivity contribution in [1.82, 2.24) is 0 Å². The Bertz CT molecular complexity index is 1030. The van der Waals surface area contributed by atoms with Crippen LogP contribution in [-0.2, 0) is 52.2 Å². The van der Waals surface area contributed by atoms with Crippen LogP contribution in [0.25, 0.3) is 0 Å². The normalized spacial score (nSPS) is 12.1. The molecule has 0 heterocycles. The first-order chi connectivity index (χ1) is 17.1. The second-order valence-corrected chi connectivity index (χ2v) is 9.13. The molecular formula is C27H29O7P. The van der Waals surface area contributed by atoms with E-state index >= 15 is 0 Å². The highest BCUT2D eigenvalue weighted by molar-refractivity contribution is 7.48. The first-order valence-corrected chi connectivity index (χ1v) is 12.6. The molecule has 0 aromatic heterocycles. The zero-order valence-electron chi connectivity index (χ0n) is 19.4. The fraction of sp³-hybridized carbons (Fsp3) is 0.222. The number of carbonyl (C=O) groups excluding carboxylic acids is 1. The Labute approximate surface area is 205 Å². The minimum atomic E-state index is -4.07. The van der Waals surface area contributed by atoms with E-state index < -0.39 is 19.9 Å². The molecule has 0 saturated heterocycles.